The topological polar surface area (TPSA) is 48.5 Å². The smallest absolute Gasteiger partial charge is 0.271 e. The fraction of sp³-hybridized carbons (Fsp3) is 0.0400. The van der Waals surface area contributed by atoms with Crippen molar-refractivity contribution >= 4 is 51.2 Å². The number of H-pyrrole nitrogens is 1. The van der Waals surface area contributed by atoms with Crippen LogP contribution in [0.15, 0.2) is 88.9 Å². The Balaban J connectivity index is 1.57. The predicted molar refractivity (Wildman–Crippen MR) is 126 cm³/mol. The zero-order chi connectivity index (χ0) is 21.4. The van der Waals surface area contributed by atoms with E-state index in [1.807, 2.05) is 67.7 Å². The summed E-state index contributed by atoms with van der Waals surface area (Å²) in [5.74, 6) is -0.459. The molecule has 2 heterocycles. The van der Waals surface area contributed by atoms with Gasteiger partial charge in [-0.3, -0.25) is 9.69 Å². The molecule has 152 valence electrons. The number of benzene rings is 3. The second kappa shape index (κ2) is 7.89. The number of nitrogens with one attached hydrogen (secondary N) is 1. The molecule has 5 rings (SSSR count). The maximum Gasteiger partial charge on any atom is 0.271 e. The number of aromatic nitrogens is 1. The maximum atomic E-state index is 13.4. The summed E-state index contributed by atoms with van der Waals surface area (Å²) in [5, 5.41) is 1.62. The van der Waals surface area contributed by atoms with Gasteiger partial charge in [0.15, 0.2) is 5.17 Å². The first-order valence-corrected chi connectivity index (χ1v) is 10.6. The van der Waals surface area contributed by atoms with E-state index in [1.54, 1.807) is 17.0 Å². The molecule has 0 aliphatic carbocycles. The van der Waals surface area contributed by atoms with Gasteiger partial charge < -0.3 is 4.98 Å². The molecule has 0 saturated carbocycles. The van der Waals surface area contributed by atoms with Crippen molar-refractivity contribution in [1.29, 1.82) is 0 Å². The van der Waals surface area contributed by atoms with Gasteiger partial charge in [-0.15, -0.1) is 0 Å². The maximum absolute atomic E-state index is 13.4. The predicted octanol–water partition coefficient (Wildman–Crippen LogP) is 6.42. The Labute approximate surface area is 183 Å². The number of amidine groups is 1. The van der Waals surface area contributed by atoms with Crippen LogP contribution >= 0.6 is 11.8 Å². The molecule has 1 aliphatic rings. The Morgan fingerprint density at radius 2 is 1.77 bits per heavy atom. The van der Waals surface area contributed by atoms with Crippen molar-refractivity contribution in [1.82, 2.24) is 4.98 Å². The van der Waals surface area contributed by atoms with E-state index in [1.165, 1.54) is 23.9 Å². The number of hydrogen-bond donors (Lipinski definition) is 1. The van der Waals surface area contributed by atoms with E-state index >= 15 is 0 Å². The number of carbonyl (C=O) groups excluding carboxylic acids is 1. The molecule has 1 aromatic heterocycles. The van der Waals surface area contributed by atoms with E-state index in [9.17, 15) is 9.18 Å². The van der Waals surface area contributed by atoms with Gasteiger partial charge in [-0.2, -0.15) is 0 Å². The number of nitrogens with zero attached hydrogens (tertiary/aromatic N) is 2. The monoisotopic (exact) mass is 427 g/mol. The molecule has 0 radical (unpaired) electrons. The summed E-state index contributed by atoms with van der Waals surface area (Å²) in [7, 11) is 0. The van der Waals surface area contributed by atoms with Crippen LogP contribution < -0.4 is 4.90 Å². The van der Waals surface area contributed by atoms with Crippen LogP contribution in [0.1, 0.15) is 11.1 Å². The van der Waals surface area contributed by atoms with Gasteiger partial charge in [0.25, 0.3) is 5.91 Å². The van der Waals surface area contributed by atoms with E-state index in [-0.39, 0.29) is 11.7 Å². The van der Waals surface area contributed by atoms with Crippen molar-refractivity contribution < 1.29 is 9.18 Å². The van der Waals surface area contributed by atoms with Crippen LogP contribution in [0.2, 0.25) is 0 Å². The van der Waals surface area contributed by atoms with Crippen molar-refractivity contribution in [2.24, 2.45) is 4.99 Å². The lowest BCUT2D eigenvalue weighted by Gasteiger charge is -2.16. The van der Waals surface area contributed by atoms with Crippen molar-refractivity contribution in [3.05, 3.63) is 101 Å². The van der Waals surface area contributed by atoms with Gasteiger partial charge in [0, 0.05) is 11.7 Å². The number of aryl methyl sites for hydroxylation is 1. The van der Waals surface area contributed by atoms with Crippen molar-refractivity contribution in [3.63, 3.8) is 0 Å². The van der Waals surface area contributed by atoms with E-state index < -0.39 is 0 Å². The first kappa shape index (κ1) is 19.3. The molecule has 31 heavy (non-hydrogen) atoms. The minimum atomic E-state index is -0.324. The van der Waals surface area contributed by atoms with Gasteiger partial charge in [0.05, 0.1) is 16.3 Å². The van der Waals surface area contributed by atoms with Gasteiger partial charge in [-0.05, 0) is 90.3 Å². The summed E-state index contributed by atoms with van der Waals surface area (Å²) in [4.78, 5) is 23.3. The van der Waals surface area contributed by atoms with Gasteiger partial charge in [0.2, 0.25) is 0 Å². The van der Waals surface area contributed by atoms with Crippen LogP contribution in [0.3, 0.4) is 0 Å². The lowest BCUT2D eigenvalue weighted by atomic mass is 10.1. The first-order valence-electron chi connectivity index (χ1n) is 9.79. The summed E-state index contributed by atoms with van der Waals surface area (Å²) in [6, 6.07) is 21.7. The second-order valence-corrected chi connectivity index (χ2v) is 8.29. The first-order chi connectivity index (χ1) is 15.1. The molecule has 0 atom stereocenters. The second-order valence-electron chi connectivity index (χ2n) is 7.28. The van der Waals surface area contributed by atoms with Gasteiger partial charge in [-0.25, -0.2) is 9.38 Å². The Morgan fingerprint density at radius 3 is 2.55 bits per heavy atom. The molecule has 0 bridgehead atoms. The number of carbonyl (C=O) groups is 1. The Morgan fingerprint density at radius 1 is 1.00 bits per heavy atom. The summed E-state index contributed by atoms with van der Waals surface area (Å²) in [6.07, 6.45) is 3.78. The summed E-state index contributed by atoms with van der Waals surface area (Å²) in [5.41, 5.74) is 4.43. The third-order valence-corrected chi connectivity index (χ3v) is 5.99. The van der Waals surface area contributed by atoms with Crippen LogP contribution in [-0.4, -0.2) is 16.1 Å². The standard InChI is InChI=1S/C25H18FN3OS/c1-16-2-9-21(10-3-16)29-24(30)23(15-17-4-11-22-18(14-17)12-13-27-22)31-25(29)28-20-7-5-19(26)6-8-20/h2-15,27H,1H3. The summed E-state index contributed by atoms with van der Waals surface area (Å²) >= 11 is 1.31. The fourth-order valence-electron chi connectivity index (χ4n) is 3.41. The van der Waals surface area contributed by atoms with E-state index in [2.05, 4.69) is 9.98 Å². The van der Waals surface area contributed by atoms with Crippen LogP contribution in [-0.2, 0) is 4.79 Å². The summed E-state index contributed by atoms with van der Waals surface area (Å²) in [6.45, 7) is 2.00. The van der Waals surface area contributed by atoms with E-state index in [0.29, 0.717) is 15.8 Å². The molecule has 0 spiro atoms. The Bertz CT molecular complexity index is 1340. The third kappa shape index (κ3) is 3.90. The molecule has 6 heteroatoms. The van der Waals surface area contributed by atoms with Crippen LogP contribution in [0, 0.1) is 12.7 Å². The van der Waals surface area contributed by atoms with Gasteiger partial charge in [-0.1, -0.05) is 23.8 Å². The SMILES string of the molecule is Cc1ccc(N2C(=O)C(=Cc3ccc4[nH]ccc4c3)SC2=Nc2ccc(F)cc2)cc1. The Kier molecular flexibility index (Phi) is 4.92. The number of rotatable bonds is 3. The average molecular weight is 428 g/mol. The van der Waals surface area contributed by atoms with Gasteiger partial charge in [0.1, 0.15) is 5.82 Å². The molecule has 3 aromatic carbocycles. The molecule has 1 N–H and O–H groups in total. The van der Waals surface area contributed by atoms with Crippen LogP contribution in [0.5, 0.6) is 0 Å². The quantitative estimate of drug-likeness (QED) is 0.383. The molecule has 4 aromatic rings. The Hall–Kier alpha value is -3.64. The number of anilines is 1. The molecule has 1 fully saturated rings. The highest BCUT2D eigenvalue weighted by Crippen LogP contribution is 2.37. The largest absolute Gasteiger partial charge is 0.361 e. The molecule has 0 unspecified atom stereocenters. The number of hydrogen-bond acceptors (Lipinski definition) is 3. The van der Waals surface area contributed by atoms with E-state index in [4.69, 9.17) is 0 Å². The molecule has 1 aliphatic heterocycles. The minimum absolute atomic E-state index is 0.135. The lowest BCUT2D eigenvalue weighted by molar-refractivity contribution is -0.113. The highest BCUT2D eigenvalue weighted by Gasteiger charge is 2.34. The molecular formula is C25H18FN3OS. The minimum Gasteiger partial charge on any atom is -0.361 e. The zero-order valence-corrected chi connectivity index (χ0v) is 17.5. The molecule has 1 amide bonds. The highest BCUT2D eigenvalue weighted by molar-refractivity contribution is 8.19. The fourth-order valence-corrected chi connectivity index (χ4v) is 4.41. The van der Waals surface area contributed by atoms with Crippen molar-refractivity contribution in [2.75, 3.05) is 4.90 Å². The molecule has 4 nitrogen and oxygen atoms in total. The van der Waals surface area contributed by atoms with Crippen LogP contribution in [0.25, 0.3) is 17.0 Å². The molecular weight excluding hydrogens is 409 g/mol. The van der Waals surface area contributed by atoms with Crippen LogP contribution in [0.4, 0.5) is 15.8 Å². The average Bonchev–Trinajstić information content (AvgIpc) is 3.35. The number of aromatic amines is 1. The number of thioether (sulfide) groups is 1. The number of fused-ring (bicyclic) bond motifs is 1. The number of amides is 1. The number of aliphatic imine (C=N–C) groups is 1. The molecule has 1 saturated heterocycles. The zero-order valence-electron chi connectivity index (χ0n) is 16.7. The summed E-state index contributed by atoms with van der Waals surface area (Å²) < 4.78 is 13.3. The van der Waals surface area contributed by atoms with Crippen molar-refractivity contribution in [3.8, 4) is 0 Å². The van der Waals surface area contributed by atoms with Gasteiger partial charge >= 0.3 is 0 Å². The van der Waals surface area contributed by atoms with Crippen molar-refractivity contribution in [2.45, 2.75) is 6.92 Å². The third-order valence-electron chi connectivity index (χ3n) is 5.03. The lowest BCUT2D eigenvalue weighted by Crippen LogP contribution is -2.28. The van der Waals surface area contributed by atoms with E-state index in [0.717, 1.165) is 27.7 Å². The highest BCUT2D eigenvalue weighted by atomic mass is 32.2. The normalized spacial score (nSPS) is 16.7. The number of halogens is 1.